The molecule has 5 heteroatoms. The summed E-state index contributed by atoms with van der Waals surface area (Å²) in [7, 11) is 1.60. The van der Waals surface area contributed by atoms with Crippen LogP contribution in [-0.4, -0.2) is 32.2 Å². The van der Waals surface area contributed by atoms with Crippen LogP contribution in [0.1, 0.15) is 39.3 Å². The zero-order chi connectivity index (χ0) is 15.8. The Morgan fingerprint density at radius 2 is 1.95 bits per heavy atom. The molecule has 0 bridgehead atoms. The van der Waals surface area contributed by atoms with E-state index in [0.717, 1.165) is 12.1 Å². The number of carbonyl (C=O) groups excluding carboxylic acids is 1. The van der Waals surface area contributed by atoms with E-state index in [1.54, 1.807) is 7.11 Å². The minimum Gasteiger partial charge on any atom is -0.493 e. The number of hydrogen-bond donors (Lipinski definition) is 2. The van der Waals surface area contributed by atoms with Crippen molar-refractivity contribution in [2.75, 3.05) is 20.3 Å². The Labute approximate surface area is 127 Å². The predicted molar refractivity (Wildman–Crippen MR) is 83.9 cm³/mol. The third kappa shape index (κ3) is 5.63. The summed E-state index contributed by atoms with van der Waals surface area (Å²) in [5, 5.41) is 6.13. The van der Waals surface area contributed by atoms with Crippen molar-refractivity contribution in [3.63, 3.8) is 0 Å². The summed E-state index contributed by atoms with van der Waals surface area (Å²) in [6.07, 6.45) is 0. The van der Waals surface area contributed by atoms with Crippen LogP contribution < -0.4 is 20.1 Å². The monoisotopic (exact) mass is 294 g/mol. The summed E-state index contributed by atoms with van der Waals surface area (Å²) in [5.74, 6) is 1.07. The third-order valence-corrected chi connectivity index (χ3v) is 3.01. The summed E-state index contributed by atoms with van der Waals surface area (Å²) in [4.78, 5) is 11.6. The molecule has 21 heavy (non-hydrogen) atoms. The molecule has 0 spiro atoms. The van der Waals surface area contributed by atoms with E-state index >= 15 is 0 Å². The Morgan fingerprint density at radius 3 is 2.52 bits per heavy atom. The fourth-order valence-electron chi connectivity index (χ4n) is 2.00. The van der Waals surface area contributed by atoms with Crippen LogP contribution in [0.4, 0.5) is 0 Å². The molecule has 5 nitrogen and oxygen atoms in total. The molecule has 1 unspecified atom stereocenters. The van der Waals surface area contributed by atoms with Gasteiger partial charge in [-0.1, -0.05) is 13.0 Å². The molecule has 0 aliphatic rings. The Bertz CT molecular complexity index is 461. The molecular weight excluding hydrogens is 268 g/mol. The average Bonchev–Trinajstić information content (AvgIpc) is 2.44. The van der Waals surface area contributed by atoms with Crippen LogP contribution in [0.15, 0.2) is 18.2 Å². The largest absolute Gasteiger partial charge is 0.493 e. The van der Waals surface area contributed by atoms with Crippen LogP contribution in [0, 0.1) is 0 Å². The van der Waals surface area contributed by atoms with Gasteiger partial charge in [0.2, 0.25) is 0 Å². The van der Waals surface area contributed by atoms with E-state index in [1.165, 1.54) is 0 Å². The Kier molecular flexibility index (Phi) is 7.02. The molecule has 0 aromatic heterocycles. The lowest BCUT2D eigenvalue weighted by molar-refractivity contribution is -0.123. The molecule has 0 aliphatic carbocycles. The lowest BCUT2D eigenvalue weighted by atomic mass is 10.1. The average molecular weight is 294 g/mol. The van der Waals surface area contributed by atoms with E-state index in [-0.39, 0.29) is 24.6 Å². The molecule has 2 N–H and O–H groups in total. The topological polar surface area (TPSA) is 59.6 Å². The fraction of sp³-hybridized carbons (Fsp3) is 0.562. The van der Waals surface area contributed by atoms with Gasteiger partial charge in [-0.15, -0.1) is 0 Å². The zero-order valence-electron chi connectivity index (χ0n) is 13.5. The van der Waals surface area contributed by atoms with Crippen LogP contribution in [0.5, 0.6) is 11.5 Å². The molecule has 0 fully saturated rings. The van der Waals surface area contributed by atoms with E-state index in [4.69, 9.17) is 9.47 Å². The van der Waals surface area contributed by atoms with E-state index in [1.807, 2.05) is 32.0 Å². The van der Waals surface area contributed by atoms with Crippen LogP contribution in [0.3, 0.4) is 0 Å². The third-order valence-electron chi connectivity index (χ3n) is 3.01. The summed E-state index contributed by atoms with van der Waals surface area (Å²) in [5.41, 5.74) is 1.12. The summed E-state index contributed by atoms with van der Waals surface area (Å²) < 4.78 is 10.9. The highest BCUT2D eigenvalue weighted by Crippen LogP contribution is 2.30. The molecule has 0 radical (unpaired) electrons. The number of carbonyl (C=O) groups is 1. The molecule has 0 saturated heterocycles. The first-order chi connectivity index (χ1) is 9.97. The summed E-state index contributed by atoms with van der Waals surface area (Å²) >= 11 is 0. The smallest absolute Gasteiger partial charge is 0.258 e. The minimum atomic E-state index is -0.142. The highest BCUT2D eigenvalue weighted by atomic mass is 16.5. The van der Waals surface area contributed by atoms with Crippen LogP contribution in [0.25, 0.3) is 0 Å². The Hall–Kier alpha value is -1.75. The predicted octanol–water partition coefficient (Wildman–Crippen LogP) is 2.27. The van der Waals surface area contributed by atoms with Gasteiger partial charge in [0.15, 0.2) is 18.1 Å². The Morgan fingerprint density at radius 1 is 1.24 bits per heavy atom. The second kappa shape index (κ2) is 8.52. The van der Waals surface area contributed by atoms with Crippen molar-refractivity contribution >= 4 is 5.91 Å². The number of amides is 1. The molecule has 0 aliphatic heterocycles. The van der Waals surface area contributed by atoms with Gasteiger partial charge in [-0.3, -0.25) is 4.79 Å². The van der Waals surface area contributed by atoms with Gasteiger partial charge in [-0.25, -0.2) is 0 Å². The minimum absolute atomic E-state index is 0.0172. The van der Waals surface area contributed by atoms with E-state index in [9.17, 15) is 4.79 Å². The lowest BCUT2D eigenvalue weighted by Crippen LogP contribution is -2.34. The van der Waals surface area contributed by atoms with Crippen molar-refractivity contribution in [2.24, 2.45) is 0 Å². The SMILES string of the molecule is CCNC(C)c1ccc(OCC(=O)NC(C)C)c(OC)c1. The van der Waals surface area contributed by atoms with Gasteiger partial charge in [0, 0.05) is 12.1 Å². The highest BCUT2D eigenvalue weighted by molar-refractivity contribution is 5.77. The molecule has 118 valence electrons. The number of rotatable bonds is 8. The molecule has 1 rings (SSSR count). The Balaban J connectivity index is 2.72. The van der Waals surface area contributed by atoms with Crippen molar-refractivity contribution in [3.8, 4) is 11.5 Å². The van der Waals surface area contributed by atoms with E-state index < -0.39 is 0 Å². The van der Waals surface area contributed by atoms with Crippen molar-refractivity contribution in [3.05, 3.63) is 23.8 Å². The molecule has 1 aromatic carbocycles. The van der Waals surface area contributed by atoms with Gasteiger partial charge < -0.3 is 20.1 Å². The molecular formula is C16H26N2O3. The second-order valence-electron chi connectivity index (χ2n) is 5.20. The molecule has 0 heterocycles. The molecule has 1 atom stereocenters. The number of hydrogen-bond acceptors (Lipinski definition) is 4. The summed E-state index contributed by atoms with van der Waals surface area (Å²) in [6.45, 7) is 8.87. The summed E-state index contributed by atoms with van der Waals surface area (Å²) in [6, 6.07) is 6.09. The number of ether oxygens (including phenoxy) is 2. The molecule has 1 aromatic rings. The van der Waals surface area contributed by atoms with Crippen molar-refractivity contribution in [2.45, 2.75) is 39.8 Å². The quantitative estimate of drug-likeness (QED) is 0.772. The second-order valence-corrected chi connectivity index (χ2v) is 5.20. The lowest BCUT2D eigenvalue weighted by Gasteiger charge is -2.16. The van der Waals surface area contributed by atoms with E-state index in [0.29, 0.717) is 11.5 Å². The van der Waals surface area contributed by atoms with Gasteiger partial charge in [-0.05, 0) is 45.0 Å². The number of benzene rings is 1. The fourth-order valence-corrected chi connectivity index (χ4v) is 2.00. The van der Waals surface area contributed by atoms with Gasteiger partial charge in [0.05, 0.1) is 7.11 Å². The van der Waals surface area contributed by atoms with Crippen LogP contribution in [0.2, 0.25) is 0 Å². The first-order valence-corrected chi connectivity index (χ1v) is 7.31. The zero-order valence-corrected chi connectivity index (χ0v) is 13.5. The maximum atomic E-state index is 11.6. The maximum absolute atomic E-state index is 11.6. The van der Waals surface area contributed by atoms with Gasteiger partial charge in [0.1, 0.15) is 0 Å². The van der Waals surface area contributed by atoms with Crippen molar-refractivity contribution in [1.82, 2.24) is 10.6 Å². The molecule has 1 amide bonds. The van der Waals surface area contributed by atoms with Gasteiger partial charge in [0.25, 0.3) is 5.91 Å². The first-order valence-electron chi connectivity index (χ1n) is 7.31. The highest BCUT2D eigenvalue weighted by Gasteiger charge is 2.11. The first kappa shape index (κ1) is 17.3. The van der Waals surface area contributed by atoms with Crippen molar-refractivity contribution in [1.29, 1.82) is 0 Å². The van der Waals surface area contributed by atoms with Gasteiger partial charge >= 0.3 is 0 Å². The number of nitrogens with one attached hydrogen (secondary N) is 2. The number of methoxy groups -OCH3 is 1. The van der Waals surface area contributed by atoms with Crippen LogP contribution in [-0.2, 0) is 4.79 Å². The normalized spacial score (nSPS) is 12.1. The van der Waals surface area contributed by atoms with E-state index in [2.05, 4.69) is 24.5 Å². The van der Waals surface area contributed by atoms with Gasteiger partial charge in [-0.2, -0.15) is 0 Å². The van der Waals surface area contributed by atoms with Crippen molar-refractivity contribution < 1.29 is 14.3 Å². The molecule has 0 saturated carbocycles. The standard InChI is InChI=1S/C16H26N2O3/c1-6-17-12(4)13-7-8-14(15(9-13)20-5)21-10-16(19)18-11(2)3/h7-9,11-12,17H,6,10H2,1-5H3,(H,18,19). The maximum Gasteiger partial charge on any atom is 0.258 e. The van der Waals surface area contributed by atoms with Crippen LogP contribution >= 0.6 is 0 Å².